The third-order valence-electron chi connectivity index (χ3n) is 3.41. The molecule has 2 rings (SSSR count). The summed E-state index contributed by atoms with van der Waals surface area (Å²) in [5.41, 5.74) is 11.8. The van der Waals surface area contributed by atoms with Crippen LogP contribution in [0.1, 0.15) is 20.7 Å². The average molecular weight is 445 g/mol. The van der Waals surface area contributed by atoms with Gasteiger partial charge in [-0.1, -0.05) is 0 Å². The predicted octanol–water partition coefficient (Wildman–Crippen LogP) is 1.19. The van der Waals surface area contributed by atoms with Gasteiger partial charge in [0.15, 0.2) is 0 Å². The van der Waals surface area contributed by atoms with E-state index in [1.165, 1.54) is 25.3 Å². The molecule has 0 aliphatic heterocycles. The van der Waals surface area contributed by atoms with Crippen LogP contribution in [-0.4, -0.2) is 60.8 Å². The molecule has 0 saturated carbocycles. The second kappa shape index (κ2) is 13.9. The van der Waals surface area contributed by atoms with Gasteiger partial charge in [-0.15, -0.1) is 12.4 Å². The van der Waals surface area contributed by atoms with Crippen molar-refractivity contribution in [1.82, 2.24) is 0 Å². The van der Waals surface area contributed by atoms with E-state index in [9.17, 15) is 9.59 Å². The van der Waals surface area contributed by atoms with Gasteiger partial charge in [0.2, 0.25) is 0 Å². The lowest BCUT2D eigenvalue weighted by atomic mass is 10.2. The van der Waals surface area contributed by atoms with Gasteiger partial charge >= 0.3 is 11.9 Å². The summed E-state index contributed by atoms with van der Waals surface area (Å²) in [6.07, 6.45) is 0. The van der Waals surface area contributed by atoms with Crippen molar-refractivity contribution in [2.24, 2.45) is 0 Å². The Morgan fingerprint density at radius 1 is 0.867 bits per heavy atom. The second-order valence-electron chi connectivity index (χ2n) is 5.44. The van der Waals surface area contributed by atoms with Crippen molar-refractivity contribution >= 4 is 35.7 Å². The average Bonchev–Trinajstić information content (AvgIpc) is 2.72. The van der Waals surface area contributed by atoms with Crippen LogP contribution in [0.2, 0.25) is 0 Å². The number of carboxylic acid groups (broad SMARTS) is 1. The van der Waals surface area contributed by atoms with Gasteiger partial charge in [0, 0.05) is 11.4 Å². The third kappa shape index (κ3) is 8.43. The number of nitrogen functional groups attached to an aromatic ring is 2. The molecule has 0 atom stereocenters. The molecule has 0 saturated heterocycles. The van der Waals surface area contributed by atoms with Crippen molar-refractivity contribution in [3.8, 4) is 11.5 Å². The van der Waals surface area contributed by atoms with E-state index in [0.29, 0.717) is 17.2 Å². The van der Waals surface area contributed by atoms with E-state index < -0.39 is 11.9 Å². The molecular formula is C19H25ClN2O8. The summed E-state index contributed by atoms with van der Waals surface area (Å²) in [6, 6.07) is 8.99. The molecule has 11 heteroatoms. The minimum Gasteiger partial charge on any atom is -0.491 e. The number of aliphatic hydroxyl groups is 2. The lowest BCUT2D eigenvalue weighted by molar-refractivity contribution is 0.0600. The van der Waals surface area contributed by atoms with Crippen LogP contribution in [0.5, 0.6) is 11.5 Å². The fraction of sp³-hybridized carbons (Fsp3) is 0.263. The van der Waals surface area contributed by atoms with Crippen molar-refractivity contribution in [3.63, 3.8) is 0 Å². The first-order valence-electron chi connectivity index (χ1n) is 8.42. The van der Waals surface area contributed by atoms with Gasteiger partial charge in [0.1, 0.15) is 24.7 Å². The van der Waals surface area contributed by atoms with Crippen LogP contribution in [-0.2, 0) is 4.74 Å². The van der Waals surface area contributed by atoms with Gasteiger partial charge in [-0.2, -0.15) is 0 Å². The van der Waals surface area contributed by atoms with Gasteiger partial charge in [0.25, 0.3) is 0 Å². The van der Waals surface area contributed by atoms with E-state index >= 15 is 0 Å². The molecule has 2 aromatic rings. The molecule has 0 bridgehead atoms. The Balaban J connectivity index is 0.000000544. The predicted molar refractivity (Wildman–Crippen MR) is 112 cm³/mol. The zero-order valence-electron chi connectivity index (χ0n) is 16.2. The summed E-state index contributed by atoms with van der Waals surface area (Å²) in [6.45, 7) is 0.0955. The van der Waals surface area contributed by atoms with Gasteiger partial charge in [0.05, 0.1) is 31.5 Å². The van der Waals surface area contributed by atoms with Crippen LogP contribution in [0.3, 0.4) is 0 Å². The Morgan fingerprint density at radius 3 is 1.70 bits per heavy atom. The number of methoxy groups -OCH3 is 1. The summed E-state index contributed by atoms with van der Waals surface area (Å²) in [4.78, 5) is 21.9. The van der Waals surface area contributed by atoms with E-state index in [0.717, 1.165) is 0 Å². The Labute approximate surface area is 179 Å². The zero-order valence-corrected chi connectivity index (χ0v) is 17.1. The summed E-state index contributed by atoms with van der Waals surface area (Å²) < 4.78 is 14.7. The summed E-state index contributed by atoms with van der Waals surface area (Å²) in [7, 11) is 1.28. The fourth-order valence-electron chi connectivity index (χ4n) is 2.05. The van der Waals surface area contributed by atoms with Gasteiger partial charge in [-0.05, 0) is 36.4 Å². The molecule has 0 aromatic heterocycles. The number of carboxylic acids is 1. The summed E-state index contributed by atoms with van der Waals surface area (Å²) in [5, 5.41) is 25.8. The summed E-state index contributed by atoms with van der Waals surface area (Å²) >= 11 is 0. The highest BCUT2D eigenvalue weighted by Crippen LogP contribution is 2.21. The SMILES string of the molecule is COC(=O)c1cc(OCCO)ccc1N.Cl.Nc1ccc(OCCO)cc1C(=O)O. The Bertz CT molecular complexity index is 832. The Hall–Kier alpha value is -3.21. The minimum atomic E-state index is -1.10. The van der Waals surface area contributed by atoms with Crippen LogP contribution in [0.25, 0.3) is 0 Å². The van der Waals surface area contributed by atoms with Crippen LogP contribution in [0.4, 0.5) is 11.4 Å². The van der Waals surface area contributed by atoms with E-state index in [2.05, 4.69) is 4.74 Å². The highest BCUT2D eigenvalue weighted by Gasteiger charge is 2.11. The lowest BCUT2D eigenvalue weighted by Gasteiger charge is -2.07. The summed E-state index contributed by atoms with van der Waals surface area (Å²) in [5.74, 6) is -0.761. The van der Waals surface area contributed by atoms with Crippen molar-refractivity contribution in [2.45, 2.75) is 0 Å². The molecule has 0 amide bonds. The minimum absolute atomic E-state index is 0. The number of carbonyl (C=O) groups excluding carboxylic acids is 1. The smallest absolute Gasteiger partial charge is 0.340 e. The number of halogens is 1. The molecule has 0 unspecified atom stereocenters. The van der Waals surface area contributed by atoms with Gasteiger partial charge in [-0.25, -0.2) is 9.59 Å². The van der Waals surface area contributed by atoms with E-state index in [-0.39, 0.29) is 55.6 Å². The Kier molecular flexibility index (Phi) is 12.4. The van der Waals surface area contributed by atoms with Crippen molar-refractivity contribution in [2.75, 3.05) is 45.0 Å². The lowest BCUT2D eigenvalue weighted by Crippen LogP contribution is -2.07. The first-order valence-corrected chi connectivity index (χ1v) is 8.42. The fourth-order valence-corrected chi connectivity index (χ4v) is 2.05. The number of carbonyl (C=O) groups is 2. The van der Waals surface area contributed by atoms with E-state index in [4.69, 9.17) is 36.3 Å². The topological polar surface area (TPSA) is 175 Å². The zero-order chi connectivity index (χ0) is 21.8. The Morgan fingerprint density at radius 2 is 1.30 bits per heavy atom. The highest BCUT2D eigenvalue weighted by molar-refractivity contribution is 5.95. The first-order chi connectivity index (χ1) is 13.8. The molecule has 10 nitrogen and oxygen atoms in total. The standard InChI is InChI=1S/C10H13NO4.C9H11NO4.ClH/c1-14-10(13)8-6-7(15-5-4-12)2-3-9(8)11;10-8-2-1-6(14-4-3-11)5-7(8)9(12)13;/h2-3,6,12H,4-5,11H2,1H3;1-2,5,11H,3-4,10H2,(H,12,13);1H. The van der Waals surface area contributed by atoms with Crippen LogP contribution in [0, 0.1) is 0 Å². The molecule has 0 fully saturated rings. The number of aromatic carboxylic acids is 1. The number of benzene rings is 2. The molecule has 0 aliphatic carbocycles. The number of ether oxygens (including phenoxy) is 3. The highest BCUT2D eigenvalue weighted by atomic mass is 35.5. The molecule has 0 radical (unpaired) electrons. The van der Waals surface area contributed by atoms with Gasteiger partial charge in [-0.3, -0.25) is 0 Å². The first kappa shape index (κ1) is 26.8. The van der Waals surface area contributed by atoms with Crippen molar-refractivity contribution in [1.29, 1.82) is 0 Å². The molecule has 2 aromatic carbocycles. The normalized spacial score (nSPS) is 9.43. The number of rotatable bonds is 8. The molecule has 30 heavy (non-hydrogen) atoms. The quantitative estimate of drug-likeness (QED) is 0.293. The molecule has 0 heterocycles. The monoisotopic (exact) mass is 444 g/mol. The van der Waals surface area contributed by atoms with Crippen LogP contribution < -0.4 is 20.9 Å². The number of hydrogen-bond acceptors (Lipinski definition) is 9. The largest absolute Gasteiger partial charge is 0.491 e. The molecular weight excluding hydrogens is 420 g/mol. The molecule has 7 N–H and O–H groups in total. The van der Waals surface area contributed by atoms with Crippen molar-refractivity contribution in [3.05, 3.63) is 47.5 Å². The van der Waals surface area contributed by atoms with E-state index in [1.54, 1.807) is 18.2 Å². The van der Waals surface area contributed by atoms with E-state index in [1.807, 2.05) is 0 Å². The van der Waals surface area contributed by atoms with Crippen LogP contribution in [0.15, 0.2) is 36.4 Å². The maximum atomic E-state index is 11.3. The third-order valence-corrected chi connectivity index (χ3v) is 3.41. The second-order valence-corrected chi connectivity index (χ2v) is 5.44. The number of hydrogen-bond donors (Lipinski definition) is 5. The molecule has 0 spiro atoms. The molecule has 166 valence electrons. The maximum Gasteiger partial charge on any atom is 0.340 e. The maximum absolute atomic E-state index is 11.3. The number of aliphatic hydroxyl groups excluding tert-OH is 2. The van der Waals surface area contributed by atoms with Crippen LogP contribution >= 0.6 is 12.4 Å². The number of esters is 1. The van der Waals surface area contributed by atoms with Gasteiger partial charge < -0.3 is 41.0 Å². The molecule has 0 aliphatic rings. The number of anilines is 2. The van der Waals surface area contributed by atoms with Crippen molar-refractivity contribution < 1.29 is 39.1 Å². The number of nitrogens with two attached hydrogens (primary N) is 2.